The van der Waals surface area contributed by atoms with Gasteiger partial charge in [0.05, 0.1) is 6.61 Å². The molecule has 0 bridgehead atoms. The number of hydrogen-bond donors (Lipinski definition) is 1. The van der Waals surface area contributed by atoms with E-state index < -0.39 is 0 Å². The molecule has 0 atom stereocenters. The summed E-state index contributed by atoms with van der Waals surface area (Å²) in [5, 5.41) is 9.07. The summed E-state index contributed by atoms with van der Waals surface area (Å²) in [4.78, 5) is 0. The fourth-order valence-electron chi connectivity index (χ4n) is 2.32. The summed E-state index contributed by atoms with van der Waals surface area (Å²) >= 11 is 1.58. The van der Waals surface area contributed by atoms with Gasteiger partial charge in [-0.2, -0.15) is 0 Å². The van der Waals surface area contributed by atoms with E-state index in [4.69, 9.17) is 10.6 Å². The van der Waals surface area contributed by atoms with Crippen molar-refractivity contribution in [2.45, 2.75) is 37.8 Å². The zero-order valence-electron chi connectivity index (χ0n) is 12.4. The first-order valence-corrected chi connectivity index (χ1v) is 8.16. The quantitative estimate of drug-likeness (QED) is 0.505. The zero-order chi connectivity index (χ0) is 14.8. The van der Waals surface area contributed by atoms with Gasteiger partial charge in [0.2, 0.25) is 5.16 Å². The molecule has 0 amide bonds. The van der Waals surface area contributed by atoms with Crippen LogP contribution in [0.3, 0.4) is 0 Å². The summed E-state index contributed by atoms with van der Waals surface area (Å²) in [6.45, 7) is 4.77. The second-order valence-electron chi connectivity index (χ2n) is 5.51. The van der Waals surface area contributed by atoms with Crippen LogP contribution in [0.5, 0.6) is 5.75 Å². The van der Waals surface area contributed by atoms with Crippen molar-refractivity contribution < 1.29 is 4.74 Å². The molecule has 0 aliphatic heterocycles. The lowest BCUT2D eigenvalue weighted by atomic mass is 10.1. The minimum Gasteiger partial charge on any atom is -0.493 e. The van der Waals surface area contributed by atoms with Crippen molar-refractivity contribution in [3.63, 3.8) is 0 Å². The molecule has 2 N–H and O–H groups in total. The van der Waals surface area contributed by atoms with Crippen molar-refractivity contribution in [3.8, 4) is 5.75 Å². The predicted molar refractivity (Wildman–Crippen MR) is 84.3 cm³/mol. The van der Waals surface area contributed by atoms with Gasteiger partial charge in [0.1, 0.15) is 5.75 Å². The number of nitrogens with zero attached hydrogens (tertiary/aromatic N) is 3. The molecule has 0 radical (unpaired) electrons. The van der Waals surface area contributed by atoms with Gasteiger partial charge in [0.15, 0.2) is 5.82 Å². The van der Waals surface area contributed by atoms with Crippen LogP contribution in [0.1, 0.15) is 35.7 Å². The molecule has 1 aliphatic carbocycles. The minimum atomic E-state index is 0.517. The number of benzene rings is 1. The Balaban J connectivity index is 1.50. The van der Waals surface area contributed by atoms with E-state index in [1.54, 1.807) is 16.4 Å². The highest BCUT2D eigenvalue weighted by molar-refractivity contribution is 7.99. The number of nitrogen functional groups attached to an aromatic ring is 1. The Bertz CT molecular complexity index is 616. The summed E-state index contributed by atoms with van der Waals surface area (Å²) < 4.78 is 7.40. The lowest BCUT2D eigenvalue weighted by Crippen LogP contribution is -2.14. The van der Waals surface area contributed by atoms with Gasteiger partial charge in [-0.25, -0.2) is 4.68 Å². The summed E-state index contributed by atoms with van der Waals surface area (Å²) in [5.74, 6) is 9.15. The van der Waals surface area contributed by atoms with E-state index in [1.165, 1.54) is 24.0 Å². The highest BCUT2D eigenvalue weighted by Gasteiger charge is 2.29. The molecule has 0 saturated heterocycles. The Hall–Kier alpha value is -1.69. The molecule has 1 aliphatic rings. The third-order valence-corrected chi connectivity index (χ3v) is 4.32. The molecule has 0 unspecified atom stereocenters. The van der Waals surface area contributed by atoms with Gasteiger partial charge in [-0.15, -0.1) is 10.2 Å². The first kappa shape index (κ1) is 14.3. The van der Waals surface area contributed by atoms with Crippen molar-refractivity contribution in [1.82, 2.24) is 14.9 Å². The lowest BCUT2D eigenvalue weighted by molar-refractivity contribution is 0.343. The monoisotopic (exact) mass is 304 g/mol. The second-order valence-corrected chi connectivity index (χ2v) is 6.57. The number of rotatable bonds is 6. The largest absolute Gasteiger partial charge is 0.493 e. The van der Waals surface area contributed by atoms with Gasteiger partial charge >= 0.3 is 0 Å². The molecule has 1 fully saturated rings. The van der Waals surface area contributed by atoms with Crippen LogP contribution < -0.4 is 10.6 Å². The fraction of sp³-hybridized carbons (Fsp3) is 0.467. The van der Waals surface area contributed by atoms with E-state index in [0.29, 0.717) is 12.5 Å². The third-order valence-electron chi connectivity index (χ3n) is 3.41. The van der Waals surface area contributed by atoms with Crippen LogP contribution in [0.25, 0.3) is 0 Å². The fourth-order valence-corrected chi connectivity index (χ4v) is 3.00. The van der Waals surface area contributed by atoms with Gasteiger partial charge in [-0.1, -0.05) is 17.8 Å². The number of ether oxygens (including phenoxy) is 1. The maximum atomic E-state index is 6.01. The van der Waals surface area contributed by atoms with Crippen LogP contribution in [0, 0.1) is 13.8 Å². The molecular formula is C15H20N4OS. The third kappa shape index (κ3) is 3.50. The van der Waals surface area contributed by atoms with Gasteiger partial charge in [-0.3, -0.25) is 0 Å². The van der Waals surface area contributed by atoms with Crippen LogP contribution >= 0.6 is 11.8 Å². The Morgan fingerprint density at radius 1 is 1.24 bits per heavy atom. The first-order chi connectivity index (χ1) is 10.1. The Morgan fingerprint density at radius 2 is 1.95 bits per heavy atom. The highest BCUT2D eigenvalue weighted by Crippen LogP contribution is 2.39. The molecule has 3 rings (SSSR count). The number of nitrogens with two attached hydrogens (primary N) is 1. The zero-order valence-corrected chi connectivity index (χ0v) is 13.2. The van der Waals surface area contributed by atoms with E-state index in [-0.39, 0.29) is 0 Å². The smallest absolute Gasteiger partial charge is 0.209 e. The Labute approximate surface area is 128 Å². The van der Waals surface area contributed by atoms with E-state index in [1.807, 2.05) is 12.1 Å². The van der Waals surface area contributed by atoms with Gasteiger partial charge in [-0.05, 0) is 49.9 Å². The van der Waals surface area contributed by atoms with Crippen LogP contribution in [0.4, 0.5) is 0 Å². The van der Waals surface area contributed by atoms with Gasteiger partial charge in [0, 0.05) is 11.7 Å². The molecule has 1 aromatic carbocycles. The van der Waals surface area contributed by atoms with E-state index in [0.717, 1.165) is 22.5 Å². The number of aryl methyl sites for hydroxylation is 2. The van der Waals surface area contributed by atoms with Crippen molar-refractivity contribution in [2.75, 3.05) is 18.2 Å². The molecule has 112 valence electrons. The summed E-state index contributed by atoms with van der Waals surface area (Å²) in [5.41, 5.74) is 2.43. The van der Waals surface area contributed by atoms with E-state index in [9.17, 15) is 0 Å². The van der Waals surface area contributed by atoms with Crippen molar-refractivity contribution in [2.24, 2.45) is 0 Å². The first-order valence-electron chi connectivity index (χ1n) is 7.18. The topological polar surface area (TPSA) is 66.0 Å². The number of thioether (sulfide) groups is 1. The Morgan fingerprint density at radius 3 is 2.62 bits per heavy atom. The maximum Gasteiger partial charge on any atom is 0.209 e. The highest BCUT2D eigenvalue weighted by atomic mass is 32.2. The molecule has 6 heteroatoms. The minimum absolute atomic E-state index is 0.517. The van der Waals surface area contributed by atoms with E-state index in [2.05, 4.69) is 30.1 Å². The maximum absolute atomic E-state index is 6.01. The molecule has 2 aromatic rings. The van der Waals surface area contributed by atoms with Crippen LogP contribution in [-0.4, -0.2) is 27.2 Å². The van der Waals surface area contributed by atoms with Crippen LogP contribution in [0.2, 0.25) is 0 Å². The molecule has 1 aromatic heterocycles. The molecule has 0 spiro atoms. The van der Waals surface area contributed by atoms with Crippen molar-refractivity contribution in [1.29, 1.82) is 0 Å². The van der Waals surface area contributed by atoms with Crippen molar-refractivity contribution in [3.05, 3.63) is 35.2 Å². The second kappa shape index (κ2) is 5.97. The Kier molecular flexibility index (Phi) is 4.05. The van der Waals surface area contributed by atoms with Gasteiger partial charge < -0.3 is 10.6 Å². The summed E-state index contributed by atoms with van der Waals surface area (Å²) in [7, 11) is 0. The average Bonchev–Trinajstić information content (AvgIpc) is 3.19. The van der Waals surface area contributed by atoms with E-state index >= 15 is 0 Å². The molecule has 5 nitrogen and oxygen atoms in total. The summed E-state index contributed by atoms with van der Waals surface area (Å²) in [6.07, 6.45) is 2.35. The molecule has 1 heterocycles. The van der Waals surface area contributed by atoms with Crippen LogP contribution in [-0.2, 0) is 0 Å². The standard InChI is InChI=1S/C15H20N4OS/c1-10-7-11(2)9-13(8-10)20-5-6-21-15-18-17-14(19(15)16)12-3-4-12/h7-9,12H,3-6,16H2,1-2H3. The van der Waals surface area contributed by atoms with Crippen molar-refractivity contribution >= 4 is 11.8 Å². The number of aromatic nitrogens is 3. The average molecular weight is 304 g/mol. The molecule has 1 saturated carbocycles. The molecule has 21 heavy (non-hydrogen) atoms. The van der Waals surface area contributed by atoms with Crippen LogP contribution in [0.15, 0.2) is 23.4 Å². The molecular weight excluding hydrogens is 284 g/mol. The normalized spacial score (nSPS) is 14.4. The lowest BCUT2D eigenvalue weighted by Gasteiger charge is -2.08. The summed E-state index contributed by atoms with van der Waals surface area (Å²) in [6, 6.07) is 6.24. The predicted octanol–water partition coefficient (Wildman–Crippen LogP) is 2.66. The number of hydrogen-bond acceptors (Lipinski definition) is 5. The SMILES string of the molecule is Cc1cc(C)cc(OCCSc2nnc(C3CC3)n2N)c1. The van der Waals surface area contributed by atoms with Gasteiger partial charge in [0.25, 0.3) is 0 Å².